The summed E-state index contributed by atoms with van der Waals surface area (Å²) in [5, 5.41) is 23.1. The number of para-hydroxylation sites is 1. The Morgan fingerprint density at radius 2 is 1.83 bits per heavy atom. The first-order chi connectivity index (χ1) is 20.0. The number of non-ortho nitro benzene ring substituents is 1. The van der Waals surface area contributed by atoms with Crippen molar-refractivity contribution in [3.63, 3.8) is 0 Å². The minimum absolute atomic E-state index is 0.0634. The number of carbonyl (C=O) groups excluding carboxylic acids is 1. The molecule has 1 saturated heterocycles. The summed E-state index contributed by atoms with van der Waals surface area (Å²) in [7, 11) is 0. The summed E-state index contributed by atoms with van der Waals surface area (Å²) in [5.74, 6) is 1.69. The molecule has 6 rings (SSSR count). The number of rotatable bonds is 8. The van der Waals surface area contributed by atoms with Crippen molar-refractivity contribution in [2.75, 3.05) is 31.1 Å². The van der Waals surface area contributed by atoms with E-state index in [0.717, 1.165) is 21.9 Å². The Labute approximate surface area is 243 Å². The van der Waals surface area contributed by atoms with E-state index in [4.69, 9.17) is 4.42 Å². The van der Waals surface area contributed by atoms with E-state index in [1.807, 2.05) is 47.9 Å². The Hall–Kier alpha value is -4.49. The third-order valence-electron chi connectivity index (χ3n) is 6.82. The molecule has 1 aliphatic heterocycles. The first kappa shape index (κ1) is 26.7. The molecule has 4 heterocycles. The van der Waals surface area contributed by atoms with Crippen LogP contribution in [0.2, 0.25) is 0 Å². The average Bonchev–Trinajstić information content (AvgIpc) is 3.77. The van der Waals surface area contributed by atoms with Crippen LogP contribution in [0.15, 0.2) is 81.9 Å². The number of furan rings is 1. The minimum atomic E-state index is -0.408. The Bertz CT molecular complexity index is 1670. The number of piperazine rings is 1. The molecule has 41 heavy (non-hydrogen) atoms. The lowest BCUT2D eigenvalue weighted by molar-refractivity contribution is -0.384. The van der Waals surface area contributed by atoms with Crippen LogP contribution in [-0.4, -0.2) is 61.7 Å². The van der Waals surface area contributed by atoms with Gasteiger partial charge < -0.3 is 14.2 Å². The highest BCUT2D eigenvalue weighted by Gasteiger charge is 2.25. The van der Waals surface area contributed by atoms with Gasteiger partial charge in [0.25, 0.3) is 11.6 Å². The highest BCUT2D eigenvalue weighted by Crippen LogP contribution is 2.32. The molecule has 5 aromatic rings. The lowest BCUT2D eigenvalue weighted by Gasteiger charge is -2.35. The van der Waals surface area contributed by atoms with Crippen molar-refractivity contribution in [1.29, 1.82) is 0 Å². The van der Waals surface area contributed by atoms with Gasteiger partial charge in [-0.05, 0) is 42.8 Å². The number of thiazole rings is 1. The zero-order valence-corrected chi connectivity index (χ0v) is 23.7. The highest BCUT2D eigenvalue weighted by atomic mass is 32.2. The number of carbonyl (C=O) groups is 1. The third-order valence-corrected chi connectivity index (χ3v) is 8.79. The van der Waals surface area contributed by atoms with E-state index in [1.54, 1.807) is 28.7 Å². The van der Waals surface area contributed by atoms with Crippen LogP contribution in [0.5, 0.6) is 0 Å². The first-order valence-electron chi connectivity index (χ1n) is 12.9. The van der Waals surface area contributed by atoms with Crippen molar-refractivity contribution in [3.8, 4) is 17.3 Å². The first-order valence-corrected chi connectivity index (χ1v) is 14.8. The fraction of sp³-hybridized carbons (Fsp3) is 0.214. The van der Waals surface area contributed by atoms with Crippen molar-refractivity contribution < 1.29 is 14.1 Å². The molecule has 0 aliphatic carbocycles. The average molecular weight is 588 g/mol. The third kappa shape index (κ3) is 5.58. The summed E-state index contributed by atoms with van der Waals surface area (Å²) in [6, 6.07) is 18.2. The van der Waals surface area contributed by atoms with Crippen LogP contribution in [0.3, 0.4) is 0 Å². The van der Waals surface area contributed by atoms with Crippen LogP contribution >= 0.6 is 23.1 Å². The Kier molecular flexibility index (Phi) is 7.53. The number of aryl methyl sites for hydroxylation is 1. The van der Waals surface area contributed by atoms with Gasteiger partial charge in [-0.2, -0.15) is 0 Å². The SMILES string of the molecule is Cc1ccccc1-n1c(SCc2nc(C(=O)N3CCN(c4ccc([N+](=O)[O-])cc4)CC3)cs2)nnc1-c1ccco1. The molecule has 0 saturated carbocycles. The molecular weight excluding hydrogens is 562 g/mol. The molecule has 13 heteroatoms. The smallest absolute Gasteiger partial charge is 0.273 e. The topological polar surface area (TPSA) is 123 Å². The van der Waals surface area contributed by atoms with Crippen LogP contribution < -0.4 is 4.90 Å². The van der Waals surface area contributed by atoms with Crippen LogP contribution in [0.25, 0.3) is 17.3 Å². The number of benzene rings is 2. The molecule has 0 unspecified atom stereocenters. The standard InChI is InChI=1S/C28H25N7O4S2/c1-19-5-2-3-6-23(19)34-26(24-7-4-16-39-24)30-31-28(34)41-18-25-29-22(17-40-25)27(36)33-14-12-32(13-15-33)20-8-10-21(11-9-20)35(37)38/h2-11,16-17H,12-15,18H2,1H3. The normalized spacial score (nSPS) is 13.5. The molecule has 11 nitrogen and oxygen atoms in total. The number of nitro benzene ring substituents is 1. The number of aromatic nitrogens is 4. The van der Waals surface area contributed by atoms with Gasteiger partial charge in [-0.15, -0.1) is 21.5 Å². The molecule has 0 radical (unpaired) electrons. The lowest BCUT2D eigenvalue weighted by atomic mass is 10.2. The molecule has 0 atom stereocenters. The Balaban J connectivity index is 1.11. The van der Waals surface area contributed by atoms with E-state index in [2.05, 4.69) is 20.1 Å². The van der Waals surface area contributed by atoms with Gasteiger partial charge >= 0.3 is 0 Å². The number of hydrogen-bond donors (Lipinski definition) is 0. The predicted octanol–water partition coefficient (Wildman–Crippen LogP) is 5.46. The van der Waals surface area contributed by atoms with Crippen LogP contribution in [0, 0.1) is 17.0 Å². The molecule has 208 valence electrons. The van der Waals surface area contributed by atoms with Gasteiger partial charge in [-0.3, -0.25) is 19.5 Å². The number of nitro groups is 1. The molecule has 0 N–H and O–H groups in total. The Morgan fingerprint density at radius 1 is 1.05 bits per heavy atom. The van der Waals surface area contributed by atoms with Gasteiger partial charge in [0.05, 0.1) is 22.6 Å². The highest BCUT2D eigenvalue weighted by molar-refractivity contribution is 7.98. The van der Waals surface area contributed by atoms with E-state index in [0.29, 0.717) is 54.4 Å². The van der Waals surface area contributed by atoms with Crippen LogP contribution in [-0.2, 0) is 5.75 Å². The number of anilines is 1. The molecule has 3 aromatic heterocycles. The van der Waals surface area contributed by atoms with Gasteiger partial charge in [0.2, 0.25) is 5.82 Å². The van der Waals surface area contributed by atoms with Crippen molar-refractivity contribution >= 4 is 40.4 Å². The molecule has 1 fully saturated rings. The molecule has 0 bridgehead atoms. The van der Waals surface area contributed by atoms with E-state index < -0.39 is 4.92 Å². The Morgan fingerprint density at radius 3 is 2.54 bits per heavy atom. The van der Waals surface area contributed by atoms with Crippen LogP contribution in [0.4, 0.5) is 11.4 Å². The van der Waals surface area contributed by atoms with Crippen molar-refractivity contribution in [2.45, 2.75) is 17.8 Å². The molecule has 1 amide bonds. The molecule has 0 spiro atoms. The van der Waals surface area contributed by atoms with E-state index in [9.17, 15) is 14.9 Å². The minimum Gasteiger partial charge on any atom is -0.461 e. The van der Waals surface area contributed by atoms with Crippen molar-refractivity contribution in [1.82, 2.24) is 24.6 Å². The maximum atomic E-state index is 13.2. The monoisotopic (exact) mass is 587 g/mol. The fourth-order valence-electron chi connectivity index (χ4n) is 4.68. The largest absolute Gasteiger partial charge is 0.461 e. The van der Waals surface area contributed by atoms with E-state index in [1.165, 1.54) is 35.2 Å². The summed E-state index contributed by atoms with van der Waals surface area (Å²) in [6.07, 6.45) is 1.61. The number of amides is 1. The van der Waals surface area contributed by atoms with E-state index >= 15 is 0 Å². The van der Waals surface area contributed by atoms with Gasteiger partial charge in [-0.25, -0.2) is 4.98 Å². The van der Waals surface area contributed by atoms with E-state index in [-0.39, 0.29) is 11.6 Å². The summed E-state index contributed by atoms with van der Waals surface area (Å²) in [6.45, 7) is 4.42. The van der Waals surface area contributed by atoms with Gasteiger partial charge in [0, 0.05) is 49.4 Å². The second kappa shape index (κ2) is 11.6. The fourth-order valence-corrected chi connectivity index (χ4v) is 6.41. The summed E-state index contributed by atoms with van der Waals surface area (Å²) >= 11 is 2.96. The summed E-state index contributed by atoms with van der Waals surface area (Å²) < 4.78 is 7.61. The predicted molar refractivity (Wildman–Crippen MR) is 157 cm³/mol. The van der Waals surface area contributed by atoms with Gasteiger partial charge in [0.15, 0.2) is 10.9 Å². The molecular formula is C28H25N7O4S2. The zero-order chi connectivity index (χ0) is 28.3. The maximum Gasteiger partial charge on any atom is 0.273 e. The lowest BCUT2D eigenvalue weighted by Crippen LogP contribution is -2.48. The van der Waals surface area contributed by atoms with Gasteiger partial charge in [-0.1, -0.05) is 30.0 Å². The quantitative estimate of drug-likeness (QED) is 0.132. The molecule has 1 aliphatic rings. The number of thioether (sulfide) groups is 1. The zero-order valence-electron chi connectivity index (χ0n) is 22.0. The van der Waals surface area contributed by atoms with Crippen molar-refractivity contribution in [3.05, 3.63) is 98.7 Å². The van der Waals surface area contributed by atoms with Crippen molar-refractivity contribution in [2.24, 2.45) is 0 Å². The summed E-state index contributed by atoms with van der Waals surface area (Å²) in [5.41, 5.74) is 3.45. The molecule has 2 aromatic carbocycles. The number of hydrogen-bond acceptors (Lipinski definition) is 10. The second-order valence-corrected chi connectivity index (χ2v) is 11.3. The summed E-state index contributed by atoms with van der Waals surface area (Å²) in [4.78, 5) is 32.3. The van der Waals surface area contributed by atoms with Gasteiger partial charge in [0.1, 0.15) is 10.7 Å². The number of nitrogens with zero attached hydrogens (tertiary/aromatic N) is 7. The maximum absolute atomic E-state index is 13.2. The second-order valence-electron chi connectivity index (χ2n) is 9.37. The van der Waals surface area contributed by atoms with Crippen LogP contribution in [0.1, 0.15) is 21.1 Å².